The molecular formula is C20H20N6. The molecule has 6 heteroatoms. The van der Waals surface area contributed by atoms with E-state index >= 15 is 0 Å². The van der Waals surface area contributed by atoms with Gasteiger partial charge in [-0.1, -0.05) is 12.1 Å². The Labute approximate surface area is 151 Å². The second-order valence-electron chi connectivity index (χ2n) is 6.82. The summed E-state index contributed by atoms with van der Waals surface area (Å²) in [6, 6.07) is 14.3. The Kier molecular flexibility index (Phi) is 3.57. The Hall–Kier alpha value is -2.99. The maximum absolute atomic E-state index is 4.70. The highest BCUT2D eigenvalue weighted by Crippen LogP contribution is 2.25. The number of hydrogen-bond acceptors (Lipinski definition) is 5. The maximum Gasteiger partial charge on any atom is 0.158 e. The summed E-state index contributed by atoms with van der Waals surface area (Å²) in [5.41, 5.74) is 5.76. The first-order valence-electron chi connectivity index (χ1n) is 8.92. The molecule has 4 aromatic rings. The summed E-state index contributed by atoms with van der Waals surface area (Å²) in [5.74, 6) is 0.758. The molecule has 0 unspecified atom stereocenters. The molecule has 0 saturated carbocycles. The molecule has 2 aromatic heterocycles. The number of likely N-dealkylation sites (N-methyl/N-ethyl adjacent to an activating group) is 1. The molecular weight excluding hydrogens is 324 g/mol. The summed E-state index contributed by atoms with van der Waals surface area (Å²) in [7, 11) is 2.17. The van der Waals surface area contributed by atoms with Crippen LogP contribution in [-0.4, -0.2) is 58.1 Å². The van der Waals surface area contributed by atoms with E-state index in [-0.39, 0.29) is 0 Å². The van der Waals surface area contributed by atoms with Gasteiger partial charge < -0.3 is 14.8 Å². The molecule has 1 fully saturated rings. The van der Waals surface area contributed by atoms with E-state index in [9.17, 15) is 0 Å². The van der Waals surface area contributed by atoms with Gasteiger partial charge in [0.1, 0.15) is 5.69 Å². The zero-order valence-corrected chi connectivity index (χ0v) is 14.7. The number of benzene rings is 2. The van der Waals surface area contributed by atoms with Crippen molar-refractivity contribution in [2.24, 2.45) is 0 Å². The highest BCUT2D eigenvalue weighted by molar-refractivity contribution is 5.83. The number of anilines is 1. The van der Waals surface area contributed by atoms with Gasteiger partial charge in [-0.3, -0.25) is 4.98 Å². The molecule has 1 aliphatic heterocycles. The third-order valence-electron chi connectivity index (χ3n) is 5.03. The van der Waals surface area contributed by atoms with Gasteiger partial charge in [0.2, 0.25) is 0 Å². The molecule has 1 saturated heterocycles. The van der Waals surface area contributed by atoms with Crippen LogP contribution in [0.2, 0.25) is 0 Å². The molecule has 0 atom stereocenters. The van der Waals surface area contributed by atoms with Crippen LogP contribution in [-0.2, 0) is 0 Å². The molecule has 0 amide bonds. The number of imidazole rings is 1. The van der Waals surface area contributed by atoms with Crippen molar-refractivity contribution in [3.63, 3.8) is 0 Å². The Bertz CT molecular complexity index is 1080. The first-order valence-corrected chi connectivity index (χ1v) is 8.92. The summed E-state index contributed by atoms with van der Waals surface area (Å²) < 4.78 is 0. The monoisotopic (exact) mass is 344 g/mol. The SMILES string of the molecule is CN1CCN(c2ccc3nc(-c4cnc5ccccc5n4)[nH]c3c2)CC1. The van der Waals surface area contributed by atoms with Crippen LogP contribution in [0.4, 0.5) is 5.69 Å². The number of para-hydroxylation sites is 2. The van der Waals surface area contributed by atoms with E-state index in [1.807, 2.05) is 24.3 Å². The normalized spacial score (nSPS) is 15.8. The quantitative estimate of drug-likeness (QED) is 0.606. The first kappa shape index (κ1) is 15.3. The lowest BCUT2D eigenvalue weighted by atomic mass is 10.2. The molecule has 3 heterocycles. The number of aromatic amines is 1. The van der Waals surface area contributed by atoms with Crippen molar-refractivity contribution in [1.82, 2.24) is 24.8 Å². The van der Waals surface area contributed by atoms with Gasteiger partial charge in [0.05, 0.1) is 28.3 Å². The smallest absolute Gasteiger partial charge is 0.158 e. The van der Waals surface area contributed by atoms with Crippen LogP contribution in [0.1, 0.15) is 0 Å². The van der Waals surface area contributed by atoms with Crippen LogP contribution in [0.3, 0.4) is 0 Å². The largest absolute Gasteiger partial charge is 0.369 e. The van der Waals surface area contributed by atoms with Gasteiger partial charge in [-0.25, -0.2) is 9.97 Å². The fraction of sp³-hybridized carbons (Fsp3) is 0.250. The molecule has 0 radical (unpaired) electrons. The third kappa shape index (κ3) is 2.68. The molecule has 130 valence electrons. The fourth-order valence-electron chi connectivity index (χ4n) is 3.45. The Balaban J connectivity index is 1.50. The number of piperazine rings is 1. The number of H-pyrrole nitrogens is 1. The summed E-state index contributed by atoms with van der Waals surface area (Å²) in [6.45, 7) is 4.30. The summed E-state index contributed by atoms with van der Waals surface area (Å²) >= 11 is 0. The lowest BCUT2D eigenvalue weighted by Crippen LogP contribution is -2.44. The molecule has 6 nitrogen and oxygen atoms in total. The minimum absolute atomic E-state index is 0.758. The predicted molar refractivity (Wildman–Crippen MR) is 104 cm³/mol. The minimum Gasteiger partial charge on any atom is -0.369 e. The van der Waals surface area contributed by atoms with Crippen molar-refractivity contribution in [1.29, 1.82) is 0 Å². The topological polar surface area (TPSA) is 60.9 Å². The van der Waals surface area contributed by atoms with Crippen LogP contribution in [0.15, 0.2) is 48.7 Å². The third-order valence-corrected chi connectivity index (χ3v) is 5.03. The van der Waals surface area contributed by atoms with Gasteiger partial charge in [0.15, 0.2) is 5.82 Å². The number of nitrogens with one attached hydrogen (secondary N) is 1. The van der Waals surface area contributed by atoms with Gasteiger partial charge in [0.25, 0.3) is 0 Å². The van der Waals surface area contributed by atoms with Gasteiger partial charge in [-0.2, -0.15) is 0 Å². The number of hydrogen-bond donors (Lipinski definition) is 1. The number of rotatable bonds is 2. The molecule has 5 rings (SSSR count). The van der Waals surface area contributed by atoms with Gasteiger partial charge >= 0.3 is 0 Å². The van der Waals surface area contributed by atoms with E-state index in [2.05, 4.69) is 50.0 Å². The van der Waals surface area contributed by atoms with E-state index in [0.717, 1.165) is 59.8 Å². The lowest BCUT2D eigenvalue weighted by molar-refractivity contribution is 0.313. The van der Waals surface area contributed by atoms with E-state index in [4.69, 9.17) is 4.98 Å². The Morgan fingerprint density at radius 1 is 0.885 bits per heavy atom. The number of fused-ring (bicyclic) bond motifs is 2. The summed E-state index contributed by atoms with van der Waals surface area (Å²) in [4.78, 5) is 22.1. The van der Waals surface area contributed by atoms with Crippen molar-refractivity contribution >= 4 is 27.8 Å². The average molecular weight is 344 g/mol. The molecule has 2 aromatic carbocycles. The van der Waals surface area contributed by atoms with Crippen LogP contribution in [0, 0.1) is 0 Å². The van der Waals surface area contributed by atoms with E-state index in [1.165, 1.54) is 5.69 Å². The zero-order valence-electron chi connectivity index (χ0n) is 14.7. The molecule has 0 bridgehead atoms. The summed E-state index contributed by atoms with van der Waals surface area (Å²) in [6.07, 6.45) is 1.78. The van der Waals surface area contributed by atoms with Crippen molar-refractivity contribution < 1.29 is 0 Å². The lowest BCUT2D eigenvalue weighted by Gasteiger charge is -2.34. The number of aromatic nitrogens is 4. The molecule has 1 aliphatic rings. The van der Waals surface area contributed by atoms with E-state index in [0.29, 0.717) is 0 Å². The van der Waals surface area contributed by atoms with E-state index < -0.39 is 0 Å². The van der Waals surface area contributed by atoms with Gasteiger partial charge in [-0.05, 0) is 37.4 Å². The van der Waals surface area contributed by atoms with Crippen LogP contribution in [0.5, 0.6) is 0 Å². The van der Waals surface area contributed by atoms with Crippen molar-refractivity contribution in [2.45, 2.75) is 0 Å². The fourth-order valence-corrected chi connectivity index (χ4v) is 3.45. The Morgan fingerprint density at radius 3 is 2.54 bits per heavy atom. The van der Waals surface area contributed by atoms with Crippen molar-refractivity contribution in [3.05, 3.63) is 48.7 Å². The number of nitrogens with zero attached hydrogens (tertiary/aromatic N) is 5. The molecule has 0 aliphatic carbocycles. The molecule has 26 heavy (non-hydrogen) atoms. The zero-order chi connectivity index (χ0) is 17.5. The second kappa shape index (κ2) is 6.07. The van der Waals surface area contributed by atoms with Crippen LogP contribution < -0.4 is 4.90 Å². The van der Waals surface area contributed by atoms with Gasteiger partial charge in [0, 0.05) is 31.9 Å². The second-order valence-corrected chi connectivity index (χ2v) is 6.82. The summed E-state index contributed by atoms with van der Waals surface area (Å²) in [5, 5.41) is 0. The standard InChI is InChI=1S/C20H20N6/c1-25-8-10-26(11-9-25)14-6-7-17-18(12-14)24-20(23-17)19-13-21-15-4-2-3-5-16(15)22-19/h2-7,12-13H,8-11H2,1H3,(H,23,24). The van der Waals surface area contributed by atoms with Gasteiger partial charge in [-0.15, -0.1) is 0 Å². The van der Waals surface area contributed by atoms with E-state index in [1.54, 1.807) is 6.20 Å². The predicted octanol–water partition coefficient (Wildman–Crippen LogP) is 2.92. The van der Waals surface area contributed by atoms with Crippen molar-refractivity contribution in [2.75, 3.05) is 38.1 Å². The molecule has 1 N–H and O–H groups in total. The highest BCUT2D eigenvalue weighted by Gasteiger charge is 2.15. The minimum atomic E-state index is 0.758. The highest BCUT2D eigenvalue weighted by atomic mass is 15.2. The molecule has 0 spiro atoms. The average Bonchev–Trinajstić information content (AvgIpc) is 3.11. The first-order chi connectivity index (χ1) is 12.8. The Morgan fingerprint density at radius 2 is 1.69 bits per heavy atom. The van der Waals surface area contributed by atoms with Crippen molar-refractivity contribution in [3.8, 4) is 11.5 Å². The van der Waals surface area contributed by atoms with Crippen LogP contribution in [0.25, 0.3) is 33.6 Å². The van der Waals surface area contributed by atoms with Crippen LogP contribution >= 0.6 is 0 Å². The maximum atomic E-state index is 4.70.